The minimum absolute atomic E-state index is 0.00774. The third-order valence-electron chi connectivity index (χ3n) is 4.25. The van der Waals surface area contributed by atoms with Gasteiger partial charge in [0.1, 0.15) is 17.3 Å². The van der Waals surface area contributed by atoms with Gasteiger partial charge in [-0.25, -0.2) is 0 Å². The number of methoxy groups -OCH3 is 1. The topological polar surface area (TPSA) is 94.6 Å². The first kappa shape index (κ1) is 19.2. The lowest BCUT2D eigenvalue weighted by Crippen LogP contribution is -2.22. The molecule has 0 fully saturated rings. The van der Waals surface area contributed by atoms with Crippen LogP contribution >= 0.6 is 0 Å². The van der Waals surface area contributed by atoms with Crippen LogP contribution in [0.4, 0.5) is 5.69 Å². The van der Waals surface area contributed by atoms with Gasteiger partial charge in [-0.2, -0.15) is 0 Å². The summed E-state index contributed by atoms with van der Waals surface area (Å²) in [6, 6.07) is 17.3. The van der Waals surface area contributed by atoms with E-state index in [2.05, 4.69) is 5.32 Å². The highest BCUT2D eigenvalue weighted by atomic mass is 16.6. The Bertz CT molecular complexity index is 963. The fourth-order valence-electron chi connectivity index (χ4n) is 2.71. The number of carbonyl (C=O) groups is 1. The Kier molecular flexibility index (Phi) is 6.06. The van der Waals surface area contributed by atoms with E-state index in [4.69, 9.17) is 9.15 Å². The molecule has 1 heterocycles. The maximum Gasteiger partial charge on any atom is 0.270 e. The lowest BCUT2D eigenvalue weighted by molar-refractivity contribution is -0.384. The third-order valence-corrected chi connectivity index (χ3v) is 4.25. The number of nitrogens with one attached hydrogen (secondary N) is 1. The van der Waals surface area contributed by atoms with E-state index in [1.807, 2.05) is 24.3 Å². The number of benzene rings is 2. The summed E-state index contributed by atoms with van der Waals surface area (Å²) in [5, 5.41) is 13.8. The summed E-state index contributed by atoms with van der Waals surface area (Å²) in [5.41, 5.74) is 1.62. The van der Waals surface area contributed by atoms with Crippen LogP contribution in [-0.4, -0.2) is 17.9 Å². The maximum atomic E-state index is 12.1. The summed E-state index contributed by atoms with van der Waals surface area (Å²) in [4.78, 5) is 22.5. The van der Waals surface area contributed by atoms with Crippen molar-refractivity contribution in [1.82, 2.24) is 5.32 Å². The maximum absolute atomic E-state index is 12.1. The van der Waals surface area contributed by atoms with Crippen LogP contribution in [0.25, 0.3) is 11.3 Å². The fourth-order valence-corrected chi connectivity index (χ4v) is 2.71. The molecule has 0 bridgehead atoms. The third kappa shape index (κ3) is 4.97. The van der Waals surface area contributed by atoms with Crippen molar-refractivity contribution >= 4 is 11.6 Å². The van der Waals surface area contributed by atoms with Crippen molar-refractivity contribution in [2.45, 2.75) is 19.4 Å². The van der Waals surface area contributed by atoms with E-state index in [1.54, 1.807) is 31.4 Å². The Labute approximate surface area is 162 Å². The zero-order valence-corrected chi connectivity index (χ0v) is 15.4. The molecular formula is C21H20N2O5. The van der Waals surface area contributed by atoms with E-state index >= 15 is 0 Å². The molecule has 0 atom stereocenters. The van der Waals surface area contributed by atoms with Crippen LogP contribution in [-0.2, 0) is 17.8 Å². The molecule has 0 aliphatic rings. The number of nitro benzene ring substituents is 1. The number of ether oxygens (including phenoxy) is 1. The largest absolute Gasteiger partial charge is 0.497 e. The second-order valence-electron chi connectivity index (χ2n) is 6.20. The molecule has 0 aliphatic heterocycles. The summed E-state index contributed by atoms with van der Waals surface area (Å²) in [5.74, 6) is 1.88. The van der Waals surface area contributed by atoms with Gasteiger partial charge in [0.05, 0.1) is 12.0 Å². The highest BCUT2D eigenvalue weighted by Crippen LogP contribution is 2.26. The number of non-ortho nitro benzene ring substituents is 1. The van der Waals surface area contributed by atoms with Crippen LogP contribution in [0.15, 0.2) is 65.1 Å². The summed E-state index contributed by atoms with van der Waals surface area (Å²) < 4.78 is 10.8. The summed E-state index contributed by atoms with van der Waals surface area (Å²) in [6.07, 6.45) is 0.738. The molecule has 1 aromatic heterocycles. The minimum atomic E-state index is -0.444. The van der Waals surface area contributed by atoms with Gasteiger partial charge < -0.3 is 14.5 Å². The molecule has 3 rings (SSSR count). The number of rotatable bonds is 8. The van der Waals surface area contributed by atoms with E-state index < -0.39 is 4.92 Å². The average molecular weight is 380 g/mol. The predicted molar refractivity (Wildman–Crippen MR) is 104 cm³/mol. The van der Waals surface area contributed by atoms with Gasteiger partial charge in [0, 0.05) is 37.1 Å². The Morgan fingerprint density at radius 1 is 1.14 bits per heavy atom. The Morgan fingerprint density at radius 2 is 1.93 bits per heavy atom. The van der Waals surface area contributed by atoms with E-state index in [-0.39, 0.29) is 18.0 Å². The highest BCUT2D eigenvalue weighted by Gasteiger charge is 2.11. The SMILES string of the molecule is COc1ccc(CNC(=O)CCc2ccc(-c3cccc([N+](=O)[O-])c3)o2)cc1. The molecule has 7 heteroatoms. The lowest BCUT2D eigenvalue weighted by atomic mass is 10.1. The lowest BCUT2D eigenvalue weighted by Gasteiger charge is -2.06. The minimum Gasteiger partial charge on any atom is -0.497 e. The van der Waals surface area contributed by atoms with Crippen LogP contribution in [0, 0.1) is 10.1 Å². The zero-order valence-electron chi connectivity index (χ0n) is 15.4. The van der Waals surface area contributed by atoms with E-state index in [9.17, 15) is 14.9 Å². The predicted octanol–water partition coefficient (Wildman–Crippen LogP) is 4.11. The van der Waals surface area contributed by atoms with Crippen molar-refractivity contribution in [3.8, 4) is 17.1 Å². The number of hydrogen-bond donors (Lipinski definition) is 1. The summed E-state index contributed by atoms with van der Waals surface area (Å²) in [7, 11) is 1.61. The van der Waals surface area contributed by atoms with E-state index in [0.717, 1.165) is 11.3 Å². The molecule has 0 saturated heterocycles. The first-order valence-corrected chi connectivity index (χ1v) is 8.78. The number of furan rings is 1. The van der Waals surface area contributed by atoms with Crippen LogP contribution < -0.4 is 10.1 Å². The normalized spacial score (nSPS) is 10.5. The van der Waals surface area contributed by atoms with Crippen molar-refractivity contribution in [3.05, 3.63) is 82.1 Å². The van der Waals surface area contributed by atoms with Crippen LogP contribution in [0.1, 0.15) is 17.7 Å². The number of hydrogen-bond acceptors (Lipinski definition) is 5. The van der Waals surface area contributed by atoms with Crippen molar-refractivity contribution in [1.29, 1.82) is 0 Å². The van der Waals surface area contributed by atoms with Crippen LogP contribution in [0.2, 0.25) is 0 Å². The Balaban J connectivity index is 1.51. The van der Waals surface area contributed by atoms with Gasteiger partial charge in [-0.15, -0.1) is 0 Å². The molecule has 1 amide bonds. The van der Waals surface area contributed by atoms with Gasteiger partial charge >= 0.3 is 0 Å². The van der Waals surface area contributed by atoms with Crippen molar-refractivity contribution < 1.29 is 18.9 Å². The quantitative estimate of drug-likeness (QED) is 0.469. The molecule has 7 nitrogen and oxygen atoms in total. The monoisotopic (exact) mass is 380 g/mol. The molecule has 28 heavy (non-hydrogen) atoms. The van der Waals surface area contributed by atoms with Crippen molar-refractivity contribution in [2.75, 3.05) is 7.11 Å². The van der Waals surface area contributed by atoms with Crippen molar-refractivity contribution in [3.63, 3.8) is 0 Å². The van der Waals surface area contributed by atoms with Crippen molar-refractivity contribution in [2.24, 2.45) is 0 Å². The molecule has 0 radical (unpaired) electrons. The second kappa shape index (κ2) is 8.85. The van der Waals surface area contributed by atoms with Gasteiger partial charge in [0.2, 0.25) is 5.91 Å². The fraction of sp³-hybridized carbons (Fsp3) is 0.190. The first-order valence-electron chi connectivity index (χ1n) is 8.78. The summed E-state index contributed by atoms with van der Waals surface area (Å²) in [6.45, 7) is 0.444. The molecular weight excluding hydrogens is 360 g/mol. The number of amides is 1. The average Bonchev–Trinajstić information content (AvgIpc) is 3.20. The van der Waals surface area contributed by atoms with Gasteiger partial charge in [-0.3, -0.25) is 14.9 Å². The van der Waals surface area contributed by atoms with Crippen LogP contribution in [0.3, 0.4) is 0 Å². The molecule has 0 unspecified atom stereocenters. The Hall–Kier alpha value is -3.61. The van der Waals surface area contributed by atoms with Gasteiger partial charge in [0.15, 0.2) is 0 Å². The first-order chi connectivity index (χ1) is 13.5. The van der Waals surface area contributed by atoms with Gasteiger partial charge in [-0.05, 0) is 29.8 Å². The second-order valence-corrected chi connectivity index (χ2v) is 6.20. The number of nitrogens with zero attached hydrogens (tertiary/aromatic N) is 1. The summed E-state index contributed by atoms with van der Waals surface area (Å²) >= 11 is 0. The molecule has 0 spiro atoms. The smallest absolute Gasteiger partial charge is 0.270 e. The molecule has 1 N–H and O–H groups in total. The number of carbonyl (C=O) groups excluding carboxylic acids is 1. The number of nitro groups is 1. The molecule has 0 aliphatic carbocycles. The standard InChI is InChI=1S/C21H20N2O5/c1-27-18-7-5-15(6-8-18)14-22-21(24)12-10-19-9-11-20(28-19)16-3-2-4-17(13-16)23(25)26/h2-9,11,13H,10,12,14H2,1H3,(H,22,24). The van der Waals surface area contributed by atoms with Gasteiger partial charge in [-0.1, -0.05) is 24.3 Å². The molecule has 3 aromatic rings. The van der Waals surface area contributed by atoms with E-state index in [0.29, 0.717) is 30.0 Å². The molecule has 0 saturated carbocycles. The van der Waals surface area contributed by atoms with E-state index in [1.165, 1.54) is 12.1 Å². The van der Waals surface area contributed by atoms with Gasteiger partial charge in [0.25, 0.3) is 5.69 Å². The molecule has 144 valence electrons. The Morgan fingerprint density at radius 3 is 2.64 bits per heavy atom. The number of aryl methyl sites for hydroxylation is 1. The zero-order chi connectivity index (χ0) is 19.9. The molecule has 2 aromatic carbocycles. The van der Waals surface area contributed by atoms with Crippen LogP contribution in [0.5, 0.6) is 5.75 Å². The highest BCUT2D eigenvalue weighted by molar-refractivity contribution is 5.76.